The molecule has 112 valence electrons. The van der Waals surface area contributed by atoms with E-state index in [1.807, 2.05) is 24.3 Å². The van der Waals surface area contributed by atoms with Gasteiger partial charge in [-0.15, -0.1) is 0 Å². The summed E-state index contributed by atoms with van der Waals surface area (Å²) in [5.74, 6) is -0.300. The second-order valence-electron chi connectivity index (χ2n) is 5.31. The molecule has 2 aromatic rings. The van der Waals surface area contributed by atoms with Crippen LogP contribution in [0.15, 0.2) is 33.9 Å². The number of carbonyl (C=O) groups excluding carboxylic acids is 1. The summed E-state index contributed by atoms with van der Waals surface area (Å²) in [5, 5.41) is 0.863. The molecule has 0 saturated heterocycles. The number of nitrogens with two attached hydrogens (primary N) is 1. The molecule has 1 aromatic heterocycles. The second kappa shape index (κ2) is 5.69. The minimum Gasteiger partial charge on any atom is -0.465 e. The van der Waals surface area contributed by atoms with Gasteiger partial charge in [0.25, 0.3) is 5.22 Å². The zero-order valence-electron chi connectivity index (χ0n) is 11.9. The lowest BCUT2D eigenvalue weighted by atomic mass is 10.00. The van der Waals surface area contributed by atoms with Crippen molar-refractivity contribution in [2.24, 2.45) is 5.73 Å². The second-order valence-corrected chi connectivity index (χ2v) is 6.56. The highest BCUT2D eigenvalue weighted by Gasteiger charge is 2.44. The van der Waals surface area contributed by atoms with Crippen LogP contribution in [0.1, 0.15) is 26.2 Å². The summed E-state index contributed by atoms with van der Waals surface area (Å²) in [7, 11) is 0. The summed E-state index contributed by atoms with van der Waals surface area (Å²) >= 11 is 1.55. The number of thioether (sulfide) groups is 1. The Hall–Kier alpha value is -1.53. The summed E-state index contributed by atoms with van der Waals surface area (Å²) in [6.07, 6.45) is 2.09. The van der Waals surface area contributed by atoms with E-state index in [2.05, 4.69) is 4.98 Å². The van der Waals surface area contributed by atoms with Crippen LogP contribution in [0.4, 0.5) is 0 Å². The smallest absolute Gasteiger partial charge is 0.326 e. The van der Waals surface area contributed by atoms with Crippen molar-refractivity contribution >= 4 is 28.8 Å². The Balaban J connectivity index is 1.68. The van der Waals surface area contributed by atoms with Gasteiger partial charge in [0.15, 0.2) is 5.58 Å². The number of carbonyl (C=O) groups is 1. The molecule has 1 fully saturated rings. The molecular formula is C15H18N2O3S. The minimum absolute atomic E-state index is 0.229. The van der Waals surface area contributed by atoms with Crippen LogP contribution in [-0.4, -0.2) is 28.3 Å². The van der Waals surface area contributed by atoms with Gasteiger partial charge in [-0.05, 0) is 38.3 Å². The number of oxazole rings is 1. The molecule has 2 N–H and O–H groups in total. The zero-order valence-corrected chi connectivity index (χ0v) is 12.7. The highest BCUT2D eigenvalue weighted by molar-refractivity contribution is 7.99. The van der Waals surface area contributed by atoms with Gasteiger partial charge in [0.1, 0.15) is 11.1 Å². The lowest BCUT2D eigenvalue weighted by Gasteiger charge is -2.21. The predicted molar refractivity (Wildman–Crippen MR) is 81.1 cm³/mol. The fourth-order valence-electron chi connectivity index (χ4n) is 2.63. The molecule has 0 aliphatic heterocycles. The minimum atomic E-state index is -0.861. The first kappa shape index (κ1) is 14.4. The molecule has 1 heterocycles. The Kier molecular flexibility index (Phi) is 3.91. The SMILES string of the molecule is CCOC(=O)C1(N)CCC(Sc2nc3ccccc3o2)C1. The van der Waals surface area contributed by atoms with E-state index in [0.717, 1.165) is 17.5 Å². The van der Waals surface area contributed by atoms with Crippen LogP contribution in [0.25, 0.3) is 11.1 Å². The van der Waals surface area contributed by atoms with E-state index in [-0.39, 0.29) is 11.2 Å². The van der Waals surface area contributed by atoms with E-state index >= 15 is 0 Å². The predicted octanol–water partition coefficient (Wildman–Crippen LogP) is 2.73. The van der Waals surface area contributed by atoms with Crippen LogP contribution in [0.3, 0.4) is 0 Å². The normalized spacial score (nSPS) is 25.3. The Labute approximate surface area is 127 Å². The summed E-state index contributed by atoms with van der Waals surface area (Å²) in [4.78, 5) is 16.4. The number of hydrogen-bond acceptors (Lipinski definition) is 6. The molecule has 1 aliphatic rings. The summed E-state index contributed by atoms with van der Waals surface area (Å²) in [6, 6.07) is 7.67. The van der Waals surface area contributed by atoms with Crippen LogP contribution in [0, 0.1) is 0 Å². The first-order chi connectivity index (χ1) is 10.1. The maximum absolute atomic E-state index is 11.9. The fourth-order valence-corrected chi connectivity index (χ4v) is 3.82. The molecule has 6 heteroatoms. The van der Waals surface area contributed by atoms with Crippen molar-refractivity contribution in [1.82, 2.24) is 4.98 Å². The van der Waals surface area contributed by atoms with Gasteiger partial charge in [0, 0.05) is 5.25 Å². The molecule has 0 bridgehead atoms. The monoisotopic (exact) mass is 306 g/mol. The molecule has 3 rings (SSSR count). The Bertz CT molecular complexity index is 624. The number of nitrogens with zero attached hydrogens (tertiary/aromatic N) is 1. The number of rotatable bonds is 4. The van der Waals surface area contributed by atoms with Crippen molar-refractivity contribution in [3.63, 3.8) is 0 Å². The van der Waals surface area contributed by atoms with Gasteiger partial charge >= 0.3 is 5.97 Å². The van der Waals surface area contributed by atoms with Gasteiger partial charge < -0.3 is 14.9 Å². The lowest BCUT2D eigenvalue weighted by Crippen LogP contribution is -2.47. The standard InChI is InChI=1S/C15H18N2O3S/c1-2-19-13(18)15(16)8-7-10(9-15)21-14-17-11-5-3-4-6-12(11)20-14/h3-6,10H,2,7-9,16H2,1H3. The van der Waals surface area contributed by atoms with Crippen LogP contribution in [0.5, 0.6) is 0 Å². The van der Waals surface area contributed by atoms with E-state index in [4.69, 9.17) is 14.9 Å². The van der Waals surface area contributed by atoms with Crippen molar-refractivity contribution in [1.29, 1.82) is 0 Å². The highest BCUT2D eigenvalue weighted by Crippen LogP contribution is 2.40. The molecule has 2 atom stereocenters. The quantitative estimate of drug-likeness (QED) is 0.875. The molecular weight excluding hydrogens is 288 g/mol. The number of fused-ring (bicyclic) bond motifs is 1. The molecule has 1 aliphatic carbocycles. The van der Waals surface area contributed by atoms with E-state index in [9.17, 15) is 4.79 Å². The third kappa shape index (κ3) is 2.91. The third-order valence-electron chi connectivity index (χ3n) is 3.73. The van der Waals surface area contributed by atoms with E-state index in [1.165, 1.54) is 0 Å². The van der Waals surface area contributed by atoms with E-state index in [0.29, 0.717) is 24.7 Å². The van der Waals surface area contributed by atoms with Crippen molar-refractivity contribution < 1.29 is 13.9 Å². The van der Waals surface area contributed by atoms with Crippen molar-refractivity contribution in [2.75, 3.05) is 6.61 Å². The summed E-state index contributed by atoms with van der Waals surface area (Å²) < 4.78 is 10.8. The number of hydrogen-bond donors (Lipinski definition) is 1. The van der Waals surface area contributed by atoms with Crippen molar-refractivity contribution in [3.8, 4) is 0 Å². The average molecular weight is 306 g/mol. The van der Waals surface area contributed by atoms with Gasteiger partial charge in [0.2, 0.25) is 0 Å². The van der Waals surface area contributed by atoms with E-state index < -0.39 is 5.54 Å². The lowest BCUT2D eigenvalue weighted by molar-refractivity contribution is -0.149. The Morgan fingerprint density at radius 3 is 3.14 bits per heavy atom. The van der Waals surface area contributed by atoms with Gasteiger partial charge in [-0.2, -0.15) is 0 Å². The molecule has 0 amide bonds. The average Bonchev–Trinajstić information content (AvgIpc) is 3.03. The van der Waals surface area contributed by atoms with E-state index in [1.54, 1.807) is 18.7 Å². The number of benzene rings is 1. The maximum Gasteiger partial charge on any atom is 0.326 e. The van der Waals surface area contributed by atoms with Crippen molar-refractivity contribution in [2.45, 2.75) is 42.2 Å². The molecule has 2 unspecified atom stereocenters. The first-order valence-corrected chi connectivity index (χ1v) is 7.97. The number of ether oxygens (including phenoxy) is 1. The summed E-state index contributed by atoms with van der Waals surface area (Å²) in [6.45, 7) is 2.15. The molecule has 1 aromatic carbocycles. The van der Waals surface area contributed by atoms with Crippen LogP contribution in [0.2, 0.25) is 0 Å². The third-order valence-corrected chi connectivity index (χ3v) is 4.84. The van der Waals surface area contributed by atoms with Gasteiger partial charge in [-0.3, -0.25) is 4.79 Å². The highest BCUT2D eigenvalue weighted by atomic mass is 32.2. The largest absolute Gasteiger partial charge is 0.465 e. The Morgan fingerprint density at radius 2 is 2.38 bits per heavy atom. The molecule has 1 saturated carbocycles. The maximum atomic E-state index is 11.9. The number of esters is 1. The number of aromatic nitrogens is 1. The van der Waals surface area contributed by atoms with Gasteiger partial charge in [-0.1, -0.05) is 23.9 Å². The van der Waals surface area contributed by atoms with Crippen molar-refractivity contribution in [3.05, 3.63) is 24.3 Å². The van der Waals surface area contributed by atoms with Crippen LogP contribution < -0.4 is 5.73 Å². The Morgan fingerprint density at radius 1 is 1.57 bits per heavy atom. The van der Waals surface area contributed by atoms with Crippen LogP contribution >= 0.6 is 11.8 Å². The molecule has 0 spiro atoms. The van der Waals surface area contributed by atoms with Crippen LogP contribution in [-0.2, 0) is 9.53 Å². The number of para-hydroxylation sites is 2. The summed E-state index contributed by atoms with van der Waals surface area (Å²) in [5.41, 5.74) is 6.94. The molecule has 5 nitrogen and oxygen atoms in total. The van der Waals surface area contributed by atoms with Gasteiger partial charge in [-0.25, -0.2) is 4.98 Å². The first-order valence-electron chi connectivity index (χ1n) is 7.09. The zero-order chi connectivity index (χ0) is 14.9. The van der Waals surface area contributed by atoms with Gasteiger partial charge in [0.05, 0.1) is 6.61 Å². The molecule has 0 radical (unpaired) electrons. The molecule has 21 heavy (non-hydrogen) atoms. The fraction of sp³-hybridized carbons (Fsp3) is 0.467. The topological polar surface area (TPSA) is 78.4 Å².